The summed E-state index contributed by atoms with van der Waals surface area (Å²) in [7, 11) is 1.86. The predicted molar refractivity (Wildman–Crippen MR) is 75.9 cm³/mol. The van der Waals surface area contributed by atoms with Gasteiger partial charge in [-0.05, 0) is 18.7 Å². The van der Waals surface area contributed by atoms with Crippen LogP contribution in [0.15, 0.2) is 29.4 Å². The van der Waals surface area contributed by atoms with Gasteiger partial charge in [0.05, 0.1) is 5.69 Å². The van der Waals surface area contributed by atoms with Gasteiger partial charge in [-0.2, -0.15) is 0 Å². The summed E-state index contributed by atoms with van der Waals surface area (Å²) in [5, 5.41) is 9.97. The number of carbonyl (C=O) groups is 1. The van der Waals surface area contributed by atoms with Crippen molar-refractivity contribution < 1.29 is 9.90 Å². The lowest BCUT2D eigenvalue weighted by Gasteiger charge is -2.06. The van der Waals surface area contributed by atoms with E-state index in [0.29, 0.717) is 6.42 Å². The molecule has 0 saturated heterocycles. The highest BCUT2D eigenvalue weighted by Crippen LogP contribution is 2.21. The molecule has 0 aliphatic rings. The number of thioether (sulfide) groups is 1. The number of imidazole rings is 1. The highest BCUT2D eigenvalue weighted by molar-refractivity contribution is 7.98. The zero-order chi connectivity index (χ0) is 14.0. The monoisotopic (exact) mass is 276 g/mol. The van der Waals surface area contributed by atoms with E-state index >= 15 is 0 Å². The van der Waals surface area contributed by atoms with E-state index < -0.39 is 5.97 Å². The Kier molecular flexibility index (Phi) is 3.95. The minimum absolute atomic E-state index is 0.147. The summed E-state index contributed by atoms with van der Waals surface area (Å²) in [4.78, 5) is 15.4. The topological polar surface area (TPSA) is 55.1 Å². The molecule has 4 nitrogen and oxygen atoms in total. The predicted octanol–water partition coefficient (Wildman–Crippen LogP) is 2.74. The van der Waals surface area contributed by atoms with Crippen molar-refractivity contribution in [3.8, 4) is 0 Å². The zero-order valence-electron chi connectivity index (χ0n) is 11.2. The Morgan fingerprint density at radius 2 is 2.21 bits per heavy atom. The quantitative estimate of drug-likeness (QED) is 0.872. The Morgan fingerprint density at radius 1 is 1.47 bits per heavy atom. The molecule has 0 aliphatic heterocycles. The third kappa shape index (κ3) is 2.81. The van der Waals surface area contributed by atoms with Gasteiger partial charge in [-0.25, -0.2) is 9.78 Å². The van der Waals surface area contributed by atoms with E-state index in [9.17, 15) is 9.90 Å². The minimum atomic E-state index is -0.974. The first-order chi connectivity index (χ1) is 9.02. The highest BCUT2D eigenvalue weighted by Gasteiger charge is 2.19. The van der Waals surface area contributed by atoms with Crippen molar-refractivity contribution in [3.63, 3.8) is 0 Å². The van der Waals surface area contributed by atoms with Crippen LogP contribution >= 0.6 is 11.8 Å². The average molecular weight is 276 g/mol. The number of carboxylic acid groups (broad SMARTS) is 1. The van der Waals surface area contributed by atoms with Crippen LogP contribution < -0.4 is 0 Å². The Bertz CT molecular complexity index is 620. The van der Waals surface area contributed by atoms with Crippen molar-refractivity contribution >= 4 is 17.7 Å². The fourth-order valence-electron chi connectivity index (χ4n) is 2.08. The molecule has 0 bridgehead atoms. The Morgan fingerprint density at radius 3 is 2.79 bits per heavy atom. The second-order valence-corrected chi connectivity index (χ2v) is 5.20. The maximum Gasteiger partial charge on any atom is 0.356 e. The molecule has 2 aromatic rings. The van der Waals surface area contributed by atoms with Gasteiger partial charge in [0.25, 0.3) is 0 Å². The summed E-state index contributed by atoms with van der Waals surface area (Å²) >= 11 is 1.45. The smallest absolute Gasteiger partial charge is 0.356 e. The molecule has 1 aromatic heterocycles. The fourth-order valence-corrected chi connectivity index (χ4v) is 2.65. The third-order valence-corrected chi connectivity index (χ3v) is 3.74. The van der Waals surface area contributed by atoms with E-state index in [2.05, 4.69) is 11.1 Å². The number of benzene rings is 1. The molecule has 100 valence electrons. The summed E-state index contributed by atoms with van der Waals surface area (Å²) in [6.07, 6.45) is 2.47. The third-order valence-electron chi connectivity index (χ3n) is 3.01. The fraction of sp³-hybridized carbons (Fsp3) is 0.286. The Hall–Kier alpha value is -1.75. The van der Waals surface area contributed by atoms with Crippen LogP contribution in [0.4, 0.5) is 0 Å². The summed E-state index contributed by atoms with van der Waals surface area (Å²) < 4.78 is 1.86. The lowest BCUT2D eigenvalue weighted by Crippen LogP contribution is -2.06. The van der Waals surface area contributed by atoms with Gasteiger partial charge in [0.15, 0.2) is 10.9 Å². The number of hydrogen-bond acceptors (Lipinski definition) is 3. The molecule has 1 aromatic carbocycles. The molecule has 2 rings (SSSR count). The van der Waals surface area contributed by atoms with Crippen molar-refractivity contribution in [3.05, 3.63) is 46.8 Å². The molecule has 0 atom stereocenters. The number of aryl methyl sites for hydroxylation is 1. The standard InChI is InChI=1S/C14H16N2O2S/c1-9-5-4-6-10(7-9)8-11-12(13(17)18)15-14(19-3)16(11)2/h4-7H,8H2,1-3H3,(H,17,18). The van der Waals surface area contributed by atoms with E-state index in [-0.39, 0.29) is 5.69 Å². The molecule has 5 heteroatoms. The second kappa shape index (κ2) is 5.48. The molecule has 0 amide bonds. The largest absolute Gasteiger partial charge is 0.476 e. The number of nitrogens with zero attached hydrogens (tertiary/aromatic N) is 2. The first kappa shape index (κ1) is 13.7. The molecule has 1 N–H and O–H groups in total. The van der Waals surface area contributed by atoms with Crippen LogP contribution in [-0.4, -0.2) is 26.9 Å². The van der Waals surface area contributed by atoms with Crippen molar-refractivity contribution in [2.45, 2.75) is 18.5 Å². The van der Waals surface area contributed by atoms with Crippen LogP contribution in [0.2, 0.25) is 0 Å². The van der Waals surface area contributed by atoms with Gasteiger partial charge < -0.3 is 9.67 Å². The van der Waals surface area contributed by atoms with Gasteiger partial charge in [0.2, 0.25) is 0 Å². The van der Waals surface area contributed by atoms with Crippen LogP contribution in [0.3, 0.4) is 0 Å². The maximum absolute atomic E-state index is 11.3. The van der Waals surface area contributed by atoms with Gasteiger partial charge in [-0.15, -0.1) is 0 Å². The van der Waals surface area contributed by atoms with Crippen LogP contribution in [0, 0.1) is 6.92 Å². The van der Waals surface area contributed by atoms with Crippen LogP contribution in [0.5, 0.6) is 0 Å². The van der Waals surface area contributed by atoms with Gasteiger partial charge >= 0.3 is 5.97 Å². The molecule has 0 saturated carbocycles. The van der Waals surface area contributed by atoms with Gasteiger partial charge in [0.1, 0.15) is 0 Å². The number of hydrogen-bond donors (Lipinski definition) is 1. The van der Waals surface area contributed by atoms with Crippen LogP contribution in [-0.2, 0) is 13.5 Å². The normalized spacial score (nSPS) is 10.7. The average Bonchev–Trinajstić information content (AvgIpc) is 2.67. The second-order valence-electron chi connectivity index (χ2n) is 4.42. The van der Waals surface area contributed by atoms with Crippen molar-refractivity contribution in [1.82, 2.24) is 9.55 Å². The van der Waals surface area contributed by atoms with Gasteiger partial charge in [0, 0.05) is 13.5 Å². The number of carboxylic acids is 1. The van der Waals surface area contributed by atoms with E-state index in [1.165, 1.54) is 17.3 Å². The van der Waals surface area contributed by atoms with E-state index in [4.69, 9.17) is 0 Å². The molecule has 1 heterocycles. The molecule has 19 heavy (non-hydrogen) atoms. The Balaban J connectivity index is 2.44. The van der Waals surface area contributed by atoms with E-state index in [1.54, 1.807) is 0 Å². The zero-order valence-corrected chi connectivity index (χ0v) is 12.0. The van der Waals surface area contributed by atoms with Crippen LogP contribution in [0.1, 0.15) is 27.3 Å². The van der Waals surface area contributed by atoms with Crippen molar-refractivity contribution in [2.24, 2.45) is 7.05 Å². The van der Waals surface area contributed by atoms with E-state index in [0.717, 1.165) is 16.4 Å². The molecular formula is C14H16N2O2S. The van der Waals surface area contributed by atoms with Gasteiger partial charge in [-0.1, -0.05) is 41.6 Å². The summed E-state index contributed by atoms with van der Waals surface area (Å²) in [5.74, 6) is -0.974. The summed E-state index contributed by atoms with van der Waals surface area (Å²) in [6.45, 7) is 2.03. The lowest BCUT2D eigenvalue weighted by molar-refractivity contribution is 0.0689. The van der Waals surface area contributed by atoms with Crippen LogP contribution in [0.25, 0.3) is 0 Å². The summed E-state index contributed by atoms with van der Waals surface area (Å²) in [5.41, 5.74) is 3.15. The molecule has 0 unspecified atom stereocenters. The van der Waals surface area contributed by atoms with E-state index in [1.807, 2.05) is 43.0 Å². The Labute approximate surface area is 116 Å². The molecule has 0 radical (unpaired) electrons. The van der Waals surface area contributed by atoms with Gasteiger partial charge in [-0.3, -0.25) is 0 Å². The number of rotatable bonds is 4. The minimum Gasteiger partial charge on any atom is -0.476 e. The molecule has 0 aliphatic carbocycles. The molecule has 0 fully saturated rings. The maximum atomic E-state index is 11.3. The van der Waals surface area contributed by atoms with Crippen molar-refractivity contribution in [1.29, 1.82) is 0 Å². The number of aromatic carboxylic acids is 1. The summed E-state index contributed by atoms with van der Waals surface area (Å²) in [6, 6.07) is 8.08. The number of aromatic nitrogens is 2. The van der Waals surface area contributed by atoms with Crippen molar-refractivity contribution in [2.75, 3.05) is 6.26 Å². The SMILES string of the molecule is CSc1nc(C(=O)O)c(Cc2cccc(C)c2)n1C. The first-order valence-corrected chi connectivity index (χ1v) is 7.13. The molecule has 0 spiro atoms. The lowest BCUT2D eigenvalue weighted by atomic mass is 10.1. The first-order valence-electron chi connectivity index (χ1n) is 5.91. The molecular weight excluding hydrogens is 260 g/mol. The highest BCUT2D eigenvalue weighted by atomic mass is 32.2.